The number of benzene rings is 1. The molecule has 0 radical (unpaired) electrons. The number of aromatic amines is 1. The summed E-state index contributed by atoms with van der Waals surface area (Å²) in [6, 6.07) is 8.13. The Morgan fingerprint density at radius 2 is 2.18 bits per heavy atom. The molecule has 0 aliphatic carbocycles. The second-order valence-electron chi connectivity index (χ2n) is 4.09. The Morgan fingerprint density at radius 1 is 1.41 bits per heavy atom. The molecule has 0 amide bonds. The van der Waals surface area contributed by atoms with Gasteiger partial charge in [0.05, 0.1) is 6.42 Å². The Bertz CT molecular complexity index is 531. The number of carbonyl (C=O) groups is 1. The molecular formula is C13H16N2O2. The van der Waals surface area contributed by atoms with E-state index in [4.69, 9.17) is 5.11 Å². The van der Waals surface area contributed by atoms with E-state index in [9.17, 15) is 4.79 Å². The van der Waals surface area contributed by atoms with Gasteiger partial charge in [0.15, 0.2) is 0 Å². The van der Waals surface area contributed by atoms with Crippen molar-refractivity contribution in [2.75, 3.05) is 6.54 Å². The van der Waals surface area contributed by atoms with E-state index in [-0.39, 0.29) is 6.42 Å². The fraction of sp³-hybridized carbons (Fsp3) is 0.308. The lowest BCUT2D eigenvalue weighted by Gasteiger charge is -2.03. The summed E-state index contributed by atoms with van der Waals surface area (Å²) < 4.78 is 0. The van der Waals surface area contributed by atoms with Crippen LogP contribution in [0.1, 0.15) is 17.7 Å². The summed E-state index contributed by atoms with van der Waals surface area (Å²) in [4.78, 5) is 13.7. The van der Waals surface area contributed by atoms with Crippen LogP contribution in [-0.2, 0) is 11.3 Å². The number of aliphatic carboxylic acids is 1. The van der Waals surface area contributed by atoms with Crippen molar-refractivity contribution in [2.45, 2.75) is 19.9 Å². The van der Waals surface area contributed by atoms with Crippen molar-refractivity contribution in [1.82, 2.24) is 10.3 Å². The first-order chi connectivity index (χ1) is 8.18. The second kappa shape index (κ2) is 5.01. The minimum atomic E-state index is -0.770. The molecule has 0 unspecified atom stereocenters. The maximum Gasteiger partial charge on any atom is 0.304 e. The number of carboxylic acid groups (broad SMARTS) is 1. The zero-order valence-corrected chi connectivity index (χ0v) is 9.79. The van der Waals surface area contributed by atoms with Crippen molar-refractivity contribution < 1.29 is 9.90 Å². The second-order valence-corrected chi connectivity index (χ2v) is 4.09. The number of carboxylic acids is 1. The minimum absolute atomic E-state index is 0.154. The van der Waals surface area contributed by atoms with Gasteiger partial charge in [0, 0.05) is 29.7 Å². The molecule has 1 aromatic carbocycles. The Kier molecular flexibility index (Phi) is 3.44. The van der Waals surface area contributed by atoms with Crippen LogP contribution in [0, 0.1) is 6.92 Å². The van der Waals surface area contributed by atoms with Gasteiger partial charge in [-0.2, -0.15) is 0 Å². The minimum Gasteiger partial charge on any atom is -0.481 e. The van der Waals surface area contributed by atoms with Crippen molar-refractivity contribution in [1.29, 1.82) is 0 Å². The van der Waals surface area contributed by atoms with Gasteiger partial charge in [0.25, 0.3) is 0 Å². The van der Waals surface area contributed by atoms with Crippen molar-refractivity contribution in [2.24, 2.45) is 0 Å². The van der Waals surface area contributed by atoms with Gasteiger partial charge in [0.2, 0.25) is 0 Å². The highest BCUT2D eigenvalue weighted by atomic mass is 16.4. The maximum atomic E-state index is 10.4. The number of rotatable bonds is 5. The normalized spacial score (nSPS) is 10.9. The van der Waals surface area contributed by atoms with E-state index >= 15 is 0 Å². The molecule has 1 heterocycles. The molecule has 3 N–H and O–H groups in total. The monoisotopic (exact) mass is 232 g/mol. The van der Waals surface area contributed by atoms with Crippen LogP contribution >= 0.6 is 0 Å². The lowest BCUT2D eigenvalue weighted by molar-refractivity contribution is -0.136. The van der Waals surface area contributed by atoms with Crippen molar-refractivity contribution >= 4 is 16.9 Å². The van der Waals surface area contributed by atoms with Crippen molar-refractivity contribution in [3.05, 3.63) is 35.5 Å². The van der Waals surface area contributed by atoms with Crippen LogP contribution in [0.2, 0.25) is 0 Å². The van der Waals surface area contributed by atoms with Gasteiger partial charge < -0.3 is 15.4 Å². The number of para-hydroxylation sites is 1. The van der Waals surface area contributed by atoms with Gasteiger partial charge in [-0.1, -0.05) is 18.2 Å². The van der Waals surface area contributed by atoms with E-state index in [0.29, 0.717) is 13.1 Å². The van der Waals surface area contributed by atoms with E-state index < -0.39 is 5.97 Å². The lowest BCUT2D eigenvalue weighted by atomic mass is 10.1. The highest BCUT2D eigenvalue weighted by molar-refractivity contribution is 5.84. The van der Waals surface area contributed by atoms with Gasteiger partial charge in [0.1, 0.15) is 0 Å². The van der Waals surface area contributed by atoms with Crippen molar-refractivity contribution in [3.63, 3.8) is 0 Å². The summed E-state index contributed by atoms with van der Waals surface area (Å²) in [6.45, 7) is 3.23. The van der Waals surface area contributed by atoms with Gasteiger partial charge in [-0.05, 0) is 18.6 Å². The first-order valence-electron chi connectivity index (χ1n) is 5.67. The van der Waals surface area contributed by atoms with Gasteiger partial charge in [-0.3, -0.25) is 4.79 Å². The molecule has 4 heteroatoms. The Hall–Kier alpha value is -1.81. The average Bonchev–Trinajstić information content (AvgIpc) is 2.60. The van der Waals surface area contributed by atoms with Crippen molar-refractivity contribution in [3.8, 4) is 0 Å². The van der Waals surface area contributed by atoms with E-state index in [1.54, 1.807) is 0 Å². The smallest absolute Gasteiger partial charge is 0.304 e. The number of hydrogen-bond acceptors (Lipinski definition) is 2. The predicted octanol–water partition coefficient (Wildman–Crippen LogP) is 2.04. The van der Waals surface area contributed by atoms with Gasteiger partial charge in [-0.15, -0.1) is 0 Å². The molecule has 90 valence electrons. The highest BCUT2D eigenvalue weighted by Crippen LogP contribution is 2.21. The zero-order chi connectivity index (χ0) is 12.3. The number of aromatic nitrogens is 1. The molecule has 0 aliphatic rings. The molecule has 0 bridgehead atoms. The first kappa shape index (κ1) is 11.7. The Labute approximate surface area is 99.7 Å². The third-order valence-corrected chi connectivity index (χ3v) is 2.84. The van der Waals surface area contributed by atoms with E-state index in [0.717, 1.165) is 11.2 Å². The van der Waals surface area contributed by atoms with Crippen LogP contribution in [0.25, 0.3) is 10.9 Å². The molecule has 2 aromatic rings. The van der Waals surface area contributed by atoms with E-state index in [2.05, 4.69) is 16.4 Å². The quantitative estimate of drug-likeness (QED) is 0.691. The number of fused-ring (bicyclic) bond motifs is 1. The maximum absolute atomic E-state index is 10.4. The van der Waals surface area contributed by atoms with Gasteiger partial charge >= 0.3 is 5.97 Å². The molecule has 0 saturated heterocycles. The third kappa shape index (κ3) is 2.65. The topological polar surface area (TPSA) is 65.1 Å². The Morgan fingerprint density at radius 3 is 2.94 bits per heavy atom. The fourth-order valence-electron chi connectivity index (χ4n) is 1.97. The molecule has 0 atom stereocenters. The summed E-state index contributed by atoms with van der Waals surface area (Å²) in [5.41, 5.74) is 3.47. The molecule has 1 aromatic heterocycles. The molecule has 0 fully saturated rings. The summed E-state index contributed by atoms with van der Waals surface area (Å²) in [5.74, 6) is -0.770. The number of H-pyrrole nitrogens is 1. The summed E-state index contributed by atoms with van der Waals surface area (Å²) in [7, 11) is 0. The molecule has 0 saturated carbocycles. The molecule has 17 heavy (non-hydrogen) atoms. The van der Waals surface area contributed by atoms with Crippen LogP contribution in [0.5, 0.6) is 0 Å². The third-order valence-electron chi connectivity index (χ3n) is 2.84. The van der Waals surface area contributed by atoms with Crippen LogP contribution < -0.4 is 5.32 Å². The molecular weight excluding hydrogens is 216 g/mol. The predicted molar refractivity (Wildman–Crippen MR) is 67.0 cm³/mol. The summed E-state index contributed by atoms with van der Waals surface area (Å²) >= 11 is 0. The van der Waals surface area contributed by atoms with Crippen LogP contribution in [0.4, 0.5) is 0 Å². The zero-order valence-electron chi connectivity index (χ0n) is 9.79. The fourth-order valence-corrected chi connectivity index (χ4v) is 1.97. The molecule has 0 aliphatic heterocycles. The molecule has 2 rings (SSSR count). The standard InChI is InChI=1S/C13H16N2O2/c1-9-11(8-14-7-6-13(16)17)10-4-2-3-5-12(10)15-9/h2-5,14-15H,6-8H2,1H3,(H,16,17). The van der Waals surface area contributed by atoms with Crippen LogP contribution in [-0.4, -0.2) is 22.6 Å². The first-order valence-corrected chi connectivity index (χ1v) is 5.67. The largest absolute Gasteiger partial charge is 0.481 e. The lowest BCUT2D eigenvalue weighted by Crippen LogP contribution is -2.17. The molecule has 0 spiro atoms. The van der Waals surface area contributed by atoms with E-state index in [1.807, 2.05) is 25.1 Å². The number of hydrogen-bond donors (Lipinski definition) is 3. The van der Waals surface area contributed by atoms with E-state index in [1.165, 1.54) is 10.9 Å². The summed E-state index contributed by atoms with van der Waals surface area (Å²) in [5, 5.41) is 12.9. The highest BCUT2D eigenvalue weighted by Gasteiger charge is 2.07. The summed E-state index contributed by atoms with van der Waals surface area (Å²) in [6.07, 6.45) is 0.154. The number of aryl methyl sites for hydroxylation is 1. The van der Waals surface area contributed by atoms with Gasteiger partial charge in [-0.25, -0.2) is 0 Å². The number of nitrogens with one attached hydrogen (secondary N) is 2. The molecule has 4 nitrogen and oxygen atoms in total. The SMILES string of the molecule is Cc1[nH]c2ccccc2c1CNCCC(=O)O. The Balaban J connectivity index is 2.07. The van der Waals surface area contributed by atoms with Crippen LogP contribution in [0.3, 0.4) is 0 Å². The van der Waals surface area contributed by atoms with Crippen LogP contribution in [0.15, 0.2) is 24.3 Å². The average molecular weight is 232 g/mol.